The second-order valence-electron chi connectivity index (χ2n) is 4.18. The Morgan fingerprint density at radius 1 is 1.50 bits per heavy atom. The number of fused-ring (bicyclic) bond motifs is 1. The number of anilines is 1. The predicted octanol–water partition coefficient (Wildman–Crippen LogP) is 1.61. The monoisotopic (exact) mass is 291 g/mol. The van der Waals surface area contributed by atoms with Crippen LogP contribution in [0, 0.1) is 0 Å². The van der Waals surface area contributed by atoms with Crippen molar-refractivity contribution in [3.05, 3.63) is 34.6 Å². The van der Waals surface area contributed by atoms with Crippen molar-refractivity contribution in [1.82, 2.24) is 19.7 Å². The zero-order valence-electron chi connectivity index (χ0n) is 10.8. The van der Waals surface area contributed by atoms with Gasteiger partial charge in [-0.25, -0.2) is 14.9 Å². The zero-order valence-corrected chi connectivity index (χ0v) is 11.6. The zero-order chi connectivity index (χ0) is 14.1. The van der Waals surface area contributed by atoms with Crippen LogP contribution in [-0.2, 0) is 12.3 Å². The van der Waals surface area contributed by atoms with Crippen molar-refractivity contribution >= 4 is 28.5 Å². The SMILES string of the molecule is CCn1c(SCc2nc3cc(N)ccc3o2)n[nH]c1=O. The minimum Gasteiger partial charge on any atom is -0.440 e. The standard InChI is InChI=1S/C12H13N5O2S/c1-2-17-11(18)15-16-12(17)20-6-10-14-8-5-7(13)3-4-9(8)19-10/h3-5H,2,6,13H2,1H3,(H,15,18). The van der Waals surface area contributed by atoms with Gasteiger partial charge in [-0.05, 0) is 25.1 Å². The first kappa shape index (κ1) is 12.8. The van der Waals surface area contributed by atoms with Crippen LogP contribution in [0.1, 0.15) is 12.8 Å². The van der Waals surface area contributed by atoms with Gasteiger partial charge >= 0.3 is 5.69 Å². The molecule has 0 amide bonds. The topological polar surface area (TPSA) is 103 Å². The first-order valence-corrected chi connectivity index (χ1v) is 7.09. The molecule has 0 bridgehead atoms. The summed E-state index contributed by atoms with van der Waals surface area (Å²) in [6.45, 7) is 2.46. The molecule has 0 saturated heterocycles. The van der Waals surface area contributed by atoms with Crippen molar-refractivity contribution in [2.75, 3.05) is 5.73 Å². The number of nitrogen functional groups attached to an aromatic ring is 1. The number of nitrogens with one attached hydrogen (secondary N) is 1. The molecule has 0 aliphatic rings. The molecule has 0 atom stereocenters. The second-order valence-corrected chi connectivity index (χ2v) is 5.12. The molecule has 2 aromatic heterocycles. The molecule has 8 heteroatoms. The fourth-order valence-corrected chi connectivity index (χ4v) is 2.73. The van der Waals surface area contributed by atoms with Gasteiger partial charge < -0.3 is 10.2 Å². The molecule has 0 spiro atoms. The summed E-state index contributed by atoms with van der Waals surface area (Å²) in [6.07, 6.45) is 0. The van der Waals surface area contributed by atoms with E-state index in [-0.39, 0.29) is 5.69 Å². The van der Waals surface area contributed by atoms with Gasteiger partial charge in [0.25, 0.3) is 0 Å². The van der Waals surface area contributed by atoms with Crippen LogP contribution >= 0.6 is 11.8 Å². The van der Waals surface area contributed by atoms with Gasteiger partial charge in [0.15, 0.2) is 10.7 Å². The number of oxazole rings is 1. The molecular formula is C12H13N5O2S. The van der Waals surface area contributed by atoms with Crippen LogP contribution in [-0.4, -0.2) is 19.7 Å². The molecule has 104 valence electrons. The third-order valence-corrected chi connectivity index (χ3v) is 3.78. The molecule has 0 unspecified atom stereocenters. The smallest absolute Gasteiger partial charge is 0.343 e. The Balaban J connectivity index is 1.81. The molecule has 3 N–H and O–H groups in total. The fourth-order valence-electron chi connectivity index (χ4n) is 1.87. The molecule has 0 aliphatic carbocycles. The van der Waals surface area contributed by atoms with Gasteiger partial charge in [0.1, 0.15) is 5.52 Å². The molecular weight excluding hydrogens is 278 g/mol. The number of nitrogens with two attached hydrogens (primary N) is 1. The summed E-state index contributed by atoms with van der Waals surface area (Å²) in [5, 5.41) is 7.02. The maximum Gasteiger partial charge on any atom is 0.343 e. The Bertz CT molecular complexity index is 804. The summed E-state index contributed by atoms with van der Waals surface area (Å²) in [7, 11) is 0. The van der Waals surface area contributed by atoms with E-state index in [1.54, 1.807) is 22.8 Å². The van der Waals surface area contributed by atoms with Crippen molar-refractivity contribution in [3.63, 3.8) is 0 Å². The van der Waals surface area contributed by atoms with E-state index < -0.39 is 0 Å². The number of hydrogen-bond acceptors (Lipinski definition) is 6. The lowest BCUT2D eigenvalue weighted by Gasteiger charge is -1.99. The second kappa shape index (κ2) is 5.04. The summed E-state index contributed by atoms with van der Waals surface area (Å²) in [5.41, 5.74) is 7.57. The maximum atomic E-state index is 11.4. The highest BCUT2D eigenvalue weighted by molar-refractivity contribution is 7.98. The Kier molecular flexibility index (Phi) is 3.23. The number of thioether (sulfide) groups is 1. The summed E-state index contributed by atoms with van der Waals surface area (Å²) in [6, 6.07) is 5.33. The maximum absolute atomic E-state index is 11.4. The minimum absolute atomic E-state index is 0.208. The molecule has 2 heterocycles. The van der Waals surface area contributed by atoms with Gasteiger partial charge in [0.05, 0.1) is 5.75 Å². The van der Waals surface area contributed by atoms with Crippen LogP contribution in [0.3, 0.4) is 0 Å². The number of hydrogen-bond donors (Lipinski definition) is 2. The fraction of sp³-hybridized carbons (Fsp3) is 0.250. The average Bonchev–Trinajstić information content (AvgIpc) is 2.98. The van der Waals surface area contributed by atoms with Crippen molar-refractivity contribution in [2.45, 2.75) is 24.4 Å². The van der Waals surface area contributed by atoms with Crippen LogP contribution in [0.4, 0.5) is 5.69 Å². The van der Waals surface area contributed by atoms with Crippen molar-refractivity contribution in [2.24, 2.45) is 0 Å². The molecule has 0 fully saturated rings. The van der Waals surface area contributed by atoms with E-state index in [1.165, 1.54) is 11.8 Å². The first-order valence-electron chi connectivity index (χ1n) is 6.10. The molecule has 0 radical (unpaired) electrons. The van der Waals surface area contributed by atoms with E-state index in [2.05, 4.69) is 15.2 Å². The highest BCUT2D eigenvalue weighted by Gasteiger charge is 2.11. The van der Waals surface area contributed by atoms with Gasteiger partial charge in [-0.3, -0.25) is 4.57 Å². The van der Waals surface area contributed by atoms with Gasteiger partial charge in [-0.1, -0.05) is 11.8 Å². The van der Waals surface area contributed by atoms with Crippen LogP contribution in [0.2, 0.25) is 0 Å². The molecule has 3 aromatic rings. The predicted molar refractivity (Wildman–Crippen MR) is 76.5 cm³/mol. The van der Waals surface area contributed by atoms with Crippen molar-refractivity contribution in [3.8, 4) is 0 Å². The highest BCUT2D eigenvalue weighted by Crippen LogP contribution is 2.23. The summed E-state index contributed by atoms with van der Waals surface area (Å²) in [4.78, 5) is 15.8. The number of nitrogens with zero attached hydrogens (tertiary/aromatic N) is 3. The van der Waals surface area contributed by atoms with Gasteiger partial charge in [-0.15, -0.1) is 5.10 Å². The summed E-state index contributed by atoms with van der Waals surface area (Å²) >= 11 is 1.40. The highest BCUT2D eigenvalue weighted by atomic mass is 32.2. The van der Waals surface area contributed by atoms with Crippen LogP contribution in [0.25, 0.3) is 11.1 Å². The van der Waals surface area contributed by atoms with E-state index >= 15 is 0 Å². The molecule has 0 aliphatic heterocycles. The Labute approximate surface area is 118 Å². The Hall–Kier alpha value is -2.22. The number of aromatic nitrogens is 4. The van der Waals surface area contributed by atoms with Crippen molar-refractivity contribution in [1.29, 1.82) is 0 Å². The number of benzene rings is 1. The van der Waals surface area contributed by atoms with Gasteiger partial charge in [-0.2, -0.15) is 0 Å². The van der Waals surface area contributed by atoms with E-state index in [1.807, 2.05) is 6.92 Å². The third-order valence-electron chi connectivity index (χ3n) is 2.82. The van der Waals surface area contributed by atoms with E-state index in [0.717, 1.165) is 5.52 Å². The molecule has 20 heavy (non-hydrogen) atoms. The van der Waals surface area contributed by atoms with Crippen LogP contribution in [0.15, 0.2) is 32.6 Å². The Morgan fingerprint density at radius 2 is 2.35 bits per heavy atom. The molecule has 7 nitrogen and oxygen atoms in total. The lowest BCUT2D eigenvalue weighted by Crippen LogP contribution is -2.16. The summed E-state index contributed by atoms with van der Waals surface area (Å²) in [5.74, 6) is 1.08. The number of rotatable bonds is 4. The van der Waals surface area contributed by atoms with Crippen LogP contribution in [0.5, 0.6) is 0 Å². The van der Waals surface area contributed by atoms with Crippen molar-refractivity contribution < 1.29 is 4.42 Å². The lowest BCUT2D eigenvalue weighted by molar-refractivity contribution is 0.555. The molecule has 0 saturated carbocycles. The molecule has 1 aromatic carbocycles. The number of H-pyrrole nitrogens is 1. The largest absolute Gasteiger partial charge is 0.440 e. The van der Waals surface area contributed by atoms with E-state index in [0.29, 0.717) is 34.6 Å². The third kappa shape index (κ3) is 2.29. The van der Waals surface area contributed by atoms with Gasteiger partial charge in [0.2, 0.25) is 5.89 Å². The minimum atomic E-state index is -0.208. The number of aromatic amines is 1. The average molecular weight is 291 g/mol. The summed E-state index contributed by atoms with van der Waals surface area (Å²) < 4.78 is 7.17. The first-order chi connectivity index (χ1) is 9.67. The Morgan fingerprint density at radius 3 is 3.15 bits per heavy atom. The van der Waals surface area contributed by atoms with Crippen LogP contribution < -0.4 is 11.4 Å². The lowest BCUT2D eigenvalue weighted by atomic mass is 10.3. The van der Waals surface area contributed by atoms with E-state index in [4.69, 9.17) is 10.2 Å². The van der Waals surface area contributed by atoms with E-state index in [9.17, 15) is 4.79 Å². The quantitative estimate of drug-likeness (QED) is 0.559. The van der Waals surface area contributed by atoms with Gasteiger partial charge in [0, 0.05) is 12.2 Å². The molecule has 3 rings (SSSR count). The normalized spacial score (nSPS) is 11.2.